The van der Waals surface area contributed by atoms with E-state index in [4.69, 9.17) is 0 Å². The molecule has 0 aliphatic rings. The van der Waals surface area contributed by atoms with Gasteiger partial charge in [-0.25, -0.2) is 0 Å². The Morgan fingerprint density at radius 2 is 1.69 bits per heavy atom. The third-order valence-electron chi connectivity index (χ3n) is 3.79. The zero-order valence-electron chi connectivity index (χ0n) is 10.8. The maximum atomic E-state index is 12.6. The Morgan fingerprint density at radius 3 is 2.12 bits per heavy atom. The Morgan fingerprint density at radius 1 is 1.12 bits per heavy atom. The molecule has 88 valence electrons. The zero-order chi connectivity index (χ0) is 12.2. The van der Waals surface area contributed by atoms with Crippen molar-refractivity contribution in [2.45, 2.75) is 45.8 Å². The minimum atomic E-state index is -1.72. The fourth-order valence-corrected chi connectivity index (χ4v) is 5.56. The summed E-state index contributed by atoms with van der Waals surface area (Å²) >= 11 is 0. The van der Waals surface area contributed by atoms with Crippen LogP contribution in [0.2, 0.25) is 18.1 Å². The van der Waals surface area contributed by atoms with E-state index in [9.17, 15) is 4.79 Å². The van der Waals surface area contributed by atoms with Gasteiger partial charge in [0.1, 0.15) is 13.5 Å². The van der Waals surface area contributed by atoms with E-state index < -0.39 is 8.07 Å². The van der Waals surface area contributed by atoms with Gasteiger partial charge < -0.3 is 4.79 Å². The summed E-state index contributed by atoms with van der Waals surface area (Å²) in [6.45, 7) is 8.57. The van der Waals surface area contributed by atoms with Gasteiger partial charge in [0.05, 0.1) is 0 Å². The van der Waals surface area contributed by atoms with E-state index in [1.54, 1.807) is 0 Å². The summed E-state index contributed by atoms with van der Waals surface area (Å²) in [4.78, 5) is 12.6. The molecule has 16 heavy (non-hydrogen) atoms. The zero-order valence-corrected chi connectivity index (χ0v) is 11.8. The number of carbonyl (C=O) groups is 1. The second-order valence-corrected chi connectivity index (χ2v) is 9.68. The number of aryl methyl sites for hydroxylation is 1. The van der Waals surface area contributed by atoms with Gasteiger partial charge in [0.25, 0.3) is 0 Å². The predicted octanol–water partition coefficient (Wildman–Crippen LogP) is 4.23. The molecule has 0 aliphatic carbocycles. The fraction of sp³-hybridized carbons (Fsp3) is 0.500. The summed E-state index contributed by atoms with van der Waals surface area (Å²) in [5.41, 5.74) is 2.11. The minimum absolute atomic E-state index is 0.448. The normalized spacial score (nSPS) is 11.5. The number of hydrogen-bond donors (Lipinski definition) is 0. The van der Waals surface area contributed by atoms with Crippen molar-refractivity contribution in [1.82, 2.24) is 0 Å². The number of rotatable bonds is 5. The Balaban J connectivity index is 3.09. The lowest BCUT2D eigenvalue weighted by Crippen LogP contribution is -2.42. The minimum Gasteiger partial charge on any atom is -0.300 e. The average Bonchev–Trinajstić information content (AvgIpc) is 2.32. The molecule has 1 aromatic carbocycles. The molecule has 0 amide bonds. The highest BCUT2D eigenvalue weighted by molar-refractivity contribution is 7.07. The van der Waals surface area contributed by atoms with Gasteiger partial charge in [0.2, 0.25) is 0 Å². The lowest BCUT2D eigenvalue weighted by molar-refractivity contribution is 0.106. The van der Waals surface area contributed by atoms with Crippen LogP contribution in [0.3, 0.4) is 0 Å². The van der Waals surface area contributed by atoms with Gasteiger partial charge >= 0.3 is 0 Å². The van der Waals surface area contributed by atoms with Crippen LogP contribution in [-0.4, -0.2) is 13.5 Å². The van der Waals surface area contributed by atoms with E-state index >= 15 is 0 Å². The largest absolute Gasteiger partial charge is 0.300 e. The van der Waals surface area contributed by atoms with Crippen LogP contribution < -0.4 is 0 Å². The summed E-state index contributed by atoms with van der Waals surface area (Å²) in [5.74, 6) is 0. The van der Waals surface area contributed by atoms with Gasteiger partial charge in [-0.3, -0.25) is 0 Å². The van der Waals surface area contributed by atoms with Crippen molar-refractivity contribution in [2.24, 2.45) is 0 Å². The molecule has 0 fully saturated rings. The maximum Gasteiger partial charge on any atom is 0.140 e. The molecule has 0 heterocycles. The van der Waals surface area contributed by atoms with Crippen molar-refractivity contribution in [3.05, 3.63) is 35.4 Å². The van der Waals surface area contributed by atoms with Gasteiger partial charge in [-0.15, -0.1) is 0 Å². The van der Waals surface area contributed by atoms with Crippen molar-refractivity contribution >= 4 is 13.5 Å². The topological polar surface area (TPSA) is 17.1 Å². The molecule has 0 bridgehead atoms. The van der Waals surface area contributed by atoms with Gasteiger partial charge in [0, 0.05) is 5.56 Å². The van der Waals surface area contributed by atoms with Gasteiger partial charge in [-0.1, -0.05) is 62.7 Å². The van der Waals surface area contributed by atoms with E-state index in [0.29, 0.717) is 5.41 Å². The van der Waals surface area contributed by atoms with Gasteiger partial charge in [-0.05, 0) is 13.0 Å². The molecule has 0 aromatic heterocycles. The molecule has 0 saturated heterocycles. The molecular weight excluding hydrogens is 212 g/mol. The van der Waals surface area contributed by atoms with Crippen LogP contribution in [0.15, 0.2) is 24.3 Å². The Labute approximate surface area is 99.9 Å². The van der Waals surface area contributed by atoms with Gasteiger partial charge in [0.15, 0.2) is 0 Å². The molecule has 0 atom stereocenters. The molecule has 0 saturated carbocycles. The van der Waals surface area contributed by atoms with Crippen molar-refractivity contribution in [3.8, 4) is 0 Å². The first-order valence-corrected chi connectivity index (χ1v) is 8.83. The summed E-state index contributed by atoms with van der Waals surface area (Å²) in [5, 5.41) is 0.448. The standard InChI is InChI=1S/C14H22OSi/c1-5-16(6-2,7-3)14(15)13-10-8-9-12(4)11-13/h8-11H,5-7H2,1-4H3. The molecule has 2 heteroatoms. The van der Waals surface area contributed by atoms with Crippen LogP contribution in [0, 0.1) is 6.92 Å². The fourth-order valence-electron chi connectivity index (χ4n) is 2.32. The Kier molecular flexibility index (Phi) is 4.48. The molecular formula is C14H22OSi. The molecule has 0 radical (unpaired) electrons. The van der Waals surface area contributed by atoms with Crippen molar-refractivity contribution in [1.29, 1.82) is 0 Å². The lowest BCUT2D eigenvalue weighted by Gasteiger charge is -2.26. The molecule has 0 unspecified atom stereocenters. The van der Waals surface area contributed by atoms with E-state index in [-0.39, 0.29) is 0 Å². The second kappa shape index (κ2) is 5.44. The van der Waals surface area contributed by atoms with Crippen LogP contribution in [0.1, 0.15) is 36.7 Å². The maximum absolute atomic E-state index is 12.6. The van der Waals surface area contributed by atoms with Crippen LogP contribution in [0.5, 0.6) is 0 Å². The molecule has 1 rings (SSSR count). The summed E-state index contributed by atoms with van der Waals surface area (Å²) in [7, 11) is -1.72. The van der Waals surface area contributed by atoms with Crippen LogP contribution in [0.4, 0.5) is 0 Å². The van der Waals surface area contributed by atoms with E-state index in [2.05, 4.69) is 20.8 Å². The van der Waals surface area contributed by atoms with E-state index in [1.807, 2.05) is 31.2 Å². The monoisotopic (exact) mass is 234 g/mol. The molecule has 0 N–H and O–H groups in total. The molecule has 1 nitrogen and oxygen atoms in total. The first kappa shape index (κ1) is 13.2. The molecule has 0 spiro atoms. The number of benzene rings is 1. The third kappa shape index (κ3) is 2.43. The van der Waals surface area contributed by atoms with Crippen molar-refractivity contribution < 1.29 is 4.79 Å². The highest BCUT2D eigenvalue weighted by atomic mass is 28.3. The lowest BCUT2D eigenvalue weighted by atomic mass is 10.2. The smallest absolute Gasteiger partial charge is 0.140 e. The SMILES string of the molecule is CC[Si](CC)(CC)C(=O)c1cccc(C)c1. The number of carbonyl (C=O) groups excluding carboxylic acids is 1. The Bertz CT molecular complexity index is 358. The first-order valence-electron chi connectivity index (χ1n) is 6.21. The second-order valence-electron chi connectivity index (χ2n) is 4.54. The highest BCUT2D eigenvalue weighted by Crippen LogP contribution is 2.25. The van der Waals surface area contributed by atoms with Crippen molar-refractivity contribution in [2.75, 3.05) is 0 Å². The molecule has 0 aliphatic heterocycles. The van der Waals surface area contributed by atoms with E-state index in [0.717, 1.165) is 23.7 Å². The summed E-state index contributed by atoms with van der Waals surface area (Å²) in [6, 6.07) is 11.2. The third-order valence-corrected chi connectivity index (χ3v) is 9.10. The van der Waals surface area contributed by atoms with Crippen LogP contribution in [0.25, 0.3) is 0 Å². The molecule has 1 aromatic rings. The predicted molar refractivity (Wildman–Crippen MR) is 72.7 cm³/mol. The first-order chi connectivity index (χ1) is 7.59. The van der Waals surface area contributed by atoms with Gasteiger partial charge in [-0.2, -0.15) is 0 Å². The van der Waals surface area contributed by atoms with Crippen LogP contribution in [-0.2, 0) is 0 Å². The number of hydrogen-bond acceptors (Lipinski definition) is 1. The van der Waals surface area contributed by atoms with Crippen LogP contribution >= 0.6 is 0 Å². The highest BCUT2D eigenvalue weighted by Gasteiger charge is 2.36. The van der Waals surface area contributed by atoms with E-state index in [1.165, 1.54) is 5.56 Å². The summed E-state index contributed by atoms with van der Waals surface area (Å²) < 4.78 is 0. The quantitative estimate of drug-likeness (QED) is 0.697. The summed E-state index contributed by atoms with van der Waals surface area (Å²) in [6.07, 6.45) is 0. The average molecular weight is 234 g/mol. The Hall–Kier alpha value is -0.893. The van der Waals surface area contributed by atoms with Crippen molar-refractivity contribution in [3.63, 3.8) is 0 Å².